The van der Waals surface area contributed by atoms with Crippen molar-refractivity contribution in [2.75, 3.05) is 0 Å². The van der Waals surface area contributed by atoms with Gasteiger partial charge in [-0.25, -0.2) is 9.97 Å². The summed E-state index contributed by atoms with van der Waals surface area (Å²) in [6.07, 6.45) is 0. The van der Waals surface area contributed by atoms with Gasteiger partial charge in [-0.15, -0.1) is 0 Å². The maximum atomic E-state index is 6.03. The van der Waals surface area contributed by atoms with Gasteiger partial charge in [0.25, 0.3) is 5.88 Å². The Labute approximate surface area is 112 Å². The average molecular weight is 263 g/mol. The minimum absolute atomic E-state index is 0.289. The molecular formula is C14H15ClN2O. The second kappa shape index (κ2) is 4.94. The molecule has 0 spiro atoms. The van der Waals surface area contributed by atoms with Crippen molar-refractivity contribution in [3.8, 4) is 11.6 Å². The predicted octanol–water partition coefficient (Wildman–Crippen LogP) is 4.16. The summed E-state index contributed by atoms with van der Waals surface area (Å²) in [5, 5.41) is 0.289. The third-order valence-electron chi connectivity index (χ3n) is 2.64. The Hall–Kier alpha value is -1.61. The fraction of sp³-hybridized carbons (Fsp3) is 0.286. The van der Waals surface area contributed by atoms with Crippen molar-refractivity contribution in [3.05, 3.63) is 45.9 Å². The van der Waals surface area contributed by atoms with E-state index in [2.05, 4.69) is 16.0 Å². The van der Waals surface area contributed by atoms with Gasteiger partial charge in [0.2, 0.25) is 0 Å². The number of benzene rings is 1. The van der Waals surface area contributed by atoms with Crippen LogP contribution >= 0.6 is 11.6 Å². The van der Waals surface area contributed by atoms with Crippen LogP contribution in [-0.4, -0.2) is 9.97 Å². The van der Waals surface area contributed by atoms with Crippen LogP contribution in [0.4, 0.5) is 0 Å². The lowest BCUT2D eigenvalue weighted by Crippen LogP contribution is -1.97. The summed E-state index contributed by atoms with van der Waals surface area (Å²) < 4.78 is 5.70. The molecule has 1 heterocycles. The normalized spacial score (nSPS) is 10.5. The number of nitrogens with zero attached hydrogens (tertiary/aromatic N) is 2. The molecule has 2 rings (SSSR count). The van der Waals surface area contributed by atoms with E-state index in [4.69, 9.17) is 16.3 Å². The fourth-order valence-corrected chi connectivity index (χ4v) is 1.93. The molecule has 94 valence electrons. The molecule has 3 nitrogen and oxygen atoms in total. The number of hydrogen-bond acceptors (Lipinski definition) is 3. The van der Waals surface area contributed by atoms with Crippen molar-refractivity contribution in [1.29, 1.82) is 0 Å². The molecule has 0 radical (unpaired) electrons. The lowest BCUT2D eigenvalue weighted by molar-refractivity contribution is 0.457. The topological polar surface area (TPSA) is 35.0 Å². The maximum absolute atomic E-state index is 6.03. The second-order valence-electron chi connectivity index (χ2n) is 4.42. The molecule has 0 N–H and O–H groups in total. The quantitative estimate of drug-likeness (QED) is 0.815. The molecule has 0 aliphatic carbocycles. The monoisotopic (exact) mass is 262 g/mol. The van der Waals surface area contributed by atoms with Crippen LogP contribution in [0.5, 0.6) is 11.6 Å². The van der Waals surface area contributed by atoms with E-state index < -0.39 is 0 Å². The highest BCUT2D eigenvalue weighted by Crippen LogP contribution is 2.27. The van der Waals surface area contributed by atoms with Gasteiger partial charge >= 0.3 is 0 Å². The zero-order valence-corrected chi connectivity index (χ0v) is 11.7. The van der Waals surface area contributed by atoms with Crippen LogP contribution in [-0.2, 0) is 0 Å². The molecule has 2 aromatic rings. The highest BCUT2D eigenvalue weighted by Gasteiger charge is 2.09. The first kappa shape index (κ1) is 12.8. The van der Waals surface area contributed by atoms with Crippen molar-refractivity contribution in [3.63, 3.8) is 0 Å². The average Bonchev–Trinajstić information content (AvgIpc) is 2.24. The third-order valence-corrected chi connectivity index (χ3v) is 2.89. The van der Waals surface area contributed by atoms with E-state index in [0.29, 0.717) is 5.88 Å². The fourth-order valence-electron chi connectivity index (χ4n) is 1.72. The second-order valence-corrected chi connectivity index (χ2v) is 4.77. The van der Waals surface area contributed by atoms with E-state index >= 15 is 0 Å². The zero-order valence-electron chi connectivity index (χ0n) is 10.9. The molecule has 0 amide bonds. The molecule has 0 aliphatic heterocycles. The van der Waals surface area contributed by atoms with Gasteiger partial charge in [0.05, 0.1) is 11.4 Å². The number of halogens is 1. The molecule has 0 bridgehead atoms. The summed E-state index contributed by atoms with van der Waals surface area (Å²) in [6, 6.07) is 5.97. The lowest BCUT2D eigenvalue weighted by atomic mass is 10.1. The smallest absolute Gasteiger partial charge is 0.257 e. The molecule has 0 fully saturated rings. The minimum Gasteiger partial charge on any atom is -0.436 e. The summed E-state index contributed by atoms with van der Waals surface area (Å²) in [5.41, 5.74) is 3.90. The van der Waals surface area contributed by atoms with E-state index in [1.807, 2.05) is 39.8 Å². The molecule has 0 unspecified atom stereocenters. The first-order chi connectivity index (χ1) is 8.45. The van der Waals surface area contributed by atoms with Gasteiger partial charge in [-0.3, -0.25) is 0 Å². The Bertz CT molecular complexity index is 576. The molecule has 0 atom stereocenters. The first-order valence-electron chi connectivity index (χ1n) is 5.72. The Morgan fingerprint density at radius 3 is 2.06 bits per heavy atom. The number of rotatable bonds is 2. The standard InChI is InChI=1S/C14H15ClN2O/c1-8-5-9(2)7-12(6-8)18-14-13(15)16-10(3)11(4)17-14/h5-7H,1-4H3. The summed E-state index contributed by atoms with van der Waals surface area (Å²) in [6.45, 7) is 7.79. The van der Waals surface area contributed by atoms with Crippen molar-refractivity contribution in [1.82, 2.24) is 9.97 Å². The van der Waals surface area contributed by atoms with Crippen LogP contribution < -0.4 is 4.74 Å². The number of hydrogen-bond donors (Lipinski definition) is 0. The van der Waals surface area contributed by atoms with Crippen molar-refractivity contribution in [2.45, 2.75) is 27.7 Å². The van der Waals surface area contributed by atoms with Crippen LogP contribution in [0, 0.1) is 27.7 Å². The van der Waals surface area contributed by atoms with Crippen molar-refractivity contribution < 1.29 is 4.74 Å². The SMILES string of the molecule is Cc1cc(C)cc(Oc2nc(C)c(C)nc2Cl)c1. The van der Waals surface area contributed by atoms with Gasteiger partial charge in [0.15, 0.2) is 5.15 Å². The Kier molecular flexibility index (Phi) is 3.53. The molecule has 4 heteroatoms. The Balaban J connectivity index is 2.36. The van der Waals surface area contributed by atoms with Crippen LogP contribution in [0.15, 0.2) is 18.2 Å². The van der Waals surface area contributed by atoms with Gasteiger partial charge in [0, 0.05) is 0 Å². The summed E-state index contributed by atoms with van der Waals surface area (Å²) in [5.74, 6) is 1.08. The highest BCUT2D eigenvalue weighted by molar-refractivity contribution is 6.30. The van der Waals surface area contributed by atoms with Crippen LogP contribution in [0.1, 0.15) is 22.5 Å². The van der Waals surface area contributed by atoms with E-state index in [0.717, 1.165) is 28.3 Å². The molecular weight excluding hydrogens is 248 g/mol. The molecule has 0 aliphatic rings. The van der Waals surface area contributed by atoms with Gasteiger partial charge < -0.3 is 4.74 Å². The van der Waals surface area contributed by atoms with Gasteiger partial charge in [-0.2, -0.15) is 0 Å². The van der Waals surface area contributed by atoms with E-state index in [1.165, 1.54) is 0 Å². The molecule has 1 aromatic carbocycles. The molecule has 1 aromatic heterocycles. The zero-order chi connectivity index (χ0) is 13.3. The molecule has 0 saturated heterocycles. The van der Waals surface area contributed by atoms with Crippen molar-refractivity contribution in [2.24, 2.45) is 0 Å². The van der Waals surface area contributed by atoms with E-state index in [1.54, 1.807) is 0 Å². The number of aromatic nitrogens is 2. The first-order valence-corrected chi connectivity index (χ1v) is 6.10. The third kappa shape index (κ3) is 2.79. The summed E-state index contributed by atoms with van der Waals surface area (Å²) in [4.78, 5) is 8.50. The Morgan fingerprint density at radius 2 is 1.44 bits per heavy atom. The largest absolute Gasteiger partial charge is 0.436 e. The molecule has 18 heavy (non-hydrogen) atoms. The van der Waals surface area contributed by atoms with Crippen LogP contribution in [0.25, 0.3) is 0 Å². The maximum Gasteiger partial charge on any atom is 0.257 e. The summed E-state index contributed by atoms with van der Waals surface area (Å²) in [7, 11) is 0. The minimum atomic E-state index is 0.289. The van der Waals surface area contributed by atoms with E-state index in [9.17, 15) is 0 Å². The van der Waals surface area contributed by atoms with Gasteiger partial charge in [0.1, 0.15) is 5.75 Å². The molecule has 0 saturated carbocycles. The van der Waals surface area contributed by atoms with Crippen molar-refractivity contribution >= 4 is 11.6 Å². The predicted molar refractivity (Wildman–Crippen MR) is 72.5 cm³/mol. The summed E-state index contributed by atoms with van der Waals surface area (Å²) >= 11 is 6.03. The van der Waals surface area contributed by atoms with Gasteiger partial charge in [-0.05, 0) is 51.0 Å². The Morgan fingerprint density at radius 1 is 0.889 bits per heavy atom. The highest BCUT2D eigenvalue weighted by atomic mass is 35.5. The number of aryl methyl sites for hydroxylation is 4. The number of ether oxygens (including phenoxy) is 1. The van der Waals surface area contributed by atoms with Gasteiger partial charge in [-0.1, -0.05) is 17.7 Å². The van der Waals surface area contributed by atoms with Crippen LogP contribution in [0.3, 0.4) is 0 Å². The van der Waals surface area contributed by atoms with E-state index in [-0.39, 0.29) is 5.15 Å². The lowest BCUT2D eigenvalue weighted by Gasteiger charge is -2.09. The van der Waals surface area contributed by atoms with Crippen LogP contribution in [0.2, 0.25) is 5.15 Å².